The molecule has 0 N–H and O–H groups in total. The smallest absolute Gasteiger partial charge is 0.131 e. The second kappa shape index (κ2) is 8.74. The predicted octanol–water partition coefficient (Wildman–Crippen LogP) is 6.92. The number of nitrogens with zero attached hydrogens (tertiary/aromatic N) is 2. The van der Waals surface area contributed by atoms with Gasteiger partial charge >= 0.3 is 0 Å². The summed E-state index contributed by atoms with van der Waals surface area (Å²) >= 11 is 5.17. The molecular weight excluding hydrogens is 388 g/mol. The minimum Gasteiger partial charge on any atom is -0.131 e. The Morgan fingerprint density at radius 2 is 1.52 bits per heavy atom. The van der Waals surface area contributed by atoms with Crippen LogP contribution in [0.15, 0.2) is 82.0 Å². The molecule has 0 bridgehead atoms. The molecule has 0 amide bonds. The van der Waals surface area contributed by atoms with Crippen molar-refractivity contribution in [3.05, 3.63) is 90.0 Å². The van der Waals surface area contributed by atoms with E-state index in [1.807, 2.05) is 6.08 Å². The van der Waals surface area contributed by atoms with Gasteiger partial charge in [0.2, 0.25) is 0 Å². The lowest BCUT2D eigenvalue weighted by molar-refractivity contribution is 0.954. The molecule has 27 heavy (non-hydrogen) atoms. The van der Waals surface area contributed by atoms with Crippen molar-refractivity contribution in [1.82, 2.24) is 10.2 Å². The van der Waals surface area contributed by atoms with Gasteiger partial charge in [0.05, 0.1) is 0 Å². The second-order valence-corrected chi connectivity index (χ2v) is 9.42. The summed E-state index contributed by atoms with van der Waals surface area (Å²) in [5.41, 5.74) is 3.77. The third kappa shape index (κ3) is 4.61. The monoisotopic (exact) mass is 406 g/mol. The fourth-order valence-electron chi connectivity index (χ4n) is 2.77. The molecule has 4 aromatic rings. The lowest BCUT2D eigenvalue weighted by atomic mass is 10.1. The lowest BCUT2D eigenvalue weighted by Gasteiger charge is -2.04. The molecule has 0 saturated heterocycles. The summed E-state index contributed by atoms with van der Waals surface area (Å²) < 4.78 is 2.04. The molecule has 0 spiro atoms. The summed E-state index contributed by atoms with van der Waals surface area (Å²) in [6.45, 7) is 3.79. The average Bonchev–Trinajstić information content (AvgIpc) is 3.19. The molecule has 0 aliphatic heterocycles. The van der Waals surface area contributed by atoms with Gasteiger partial charge in [-0.25, -0.2) is 0 Å². The lowest BCUT2D eigenvalue weighted by Crippen LogP contribution is -1.83. The molecule has 0 fully saturated rings. The average molecular weight is 407 g/mol. The molecule has 4 rings (SSSR count). The first kappa shape index (κ1) is 18.3. The fourth-order valence-corrected chi connectivity index (χ4v) is 5.75. The molecule has 0 radical (unpaired) electrons. The summed E-state index contributed by atoms with van der Waals surface area (Å²) in [6.07, 6.45) is 1.86. The first-order chi connectivity index (χ1) is 13.3. The zero-order valence-electron chi connectivity index (χ0n) is 14.7. The van der Waals surface area contributed by atoms with Gasteiger partial charge in [0, 0.05) is 11.5 Å². The number of fused-ring (bicyclic) bond motifs is 1. The Bertz CT molecular complexity index is 1050. The molecule has 1 aromatic heterocycles. The summed E-state index contributed by atoms with van der Waals surface area (Å²) in [4.78, 5) is 0. The Morgan fingerprint density at radius 3 is 2.30 bits per heavy atom. The number of benzene rings is 3. The quantitative estimate of drug-likeness (QED) is 0.311. The first-order valence-corrected chi connectivity index (χ1v) is 11.4. The van der Waals surface area contributed by atoms with Crippen LogP contribution in [-0.4, -0.2) is 10.2 Å². The van der Waals surface area contributed by atoms with Gasteiger partial charge in [-0.3, -0.25) is 0 Å². The molecule has 0 aliphatic rings. The van der Waals surface area contributed by atoms with Gasteiger partial charge in [-0.1, -0.05) is 114 Å². The van der Waals surface area contributed by atoms with Crippen molar-refractivity contribution in [2.24, 2.45) is 0 Å². The van der Waals surface area contributed by atoms with E-state index in [1.165, 1.54) is 21.9 Å². The van der Waals surface area contributed by atoms with Crippen molar-refractivity contribution in [2.75, 3.05) is 0 Å². The maximum Gasteiger partial charge on any atom is 0.175 e. The van der Waals surface area contributed by atoms with Gasteiger partial charge in [0.25, 0.3) is 0 Å². The first-order valence-electron chi connectivity index (χ1n) is 8.59. The Kier molecular flexibility index (Phi) is 5.92. The van der Waals surface area contributed by atoms with E-state index in [2.05, 4.69) is 83.5 Å². The van der Waals surface area contributed by atoms with E-state index in [9.17, 15) is 0 Å². The molecule has 2 nitrogen and oxygen atoms in total. The summed E-state index contributed by atoms with van der Waals surface area (Å²) in [7, 11) is 0. The van der Waals surface area contributed by atoms with Crippen LogP contribution in [0.4, 0.5) is 0 Å². The van der Waals surface area contributed by atoms with Crippen molar-refractivity contribution in [2.45, 2.75) is 20.2 Å². The highest BCUT2D eigenvalue weighted by molar-refractivity contribution is 8.02. The molecule has 1 heterocycles. The standard InChI is InChI=1S/C22H18N2S3/c1-2-16-10-12-17(13-11-16)14-25-21-23-24-22(27-21)26-15-19-8-5-7-18-6-3-4-9-20(18)19/h2-13H,1,14-15H2. The SMILES string of the molecule is C=Cc1ccc(CSc2nnc(SCc3cccc4ccccc34)s2)cc1. The van der Waals surface area contributed by atoms with Crippen LogP contribution < -0.4 is 0 Å². The van der Waals surface area contributed by atoms with Crippen molar-refractivity contribution in [3.63, 3.8) is 0 Å². The molecule has 0 saturated carbocycles. The minimum atomic E-state index is 0.903. The largest absolute Gasteiger partial charge is 0.175 e. The van der Waals surface area contributed by atoms with E-state index in [0.717, 1.165) is 25.7 Å². The van der Waals surface area contributed by atoms with E-state index in [0.29, 0.717) is 0 Å². The Morgan fingerprint density at radius 1 is 0.815 bits per heavy atom. The van der Waals surface area contributed by atoms with Crippen molar-refractivity contribution < 1.29 is 0 Å². The number of rotatable bonds is 7. The van der Waals surface area contributed by atoms with E-state index < -0.39 is 0 Å². The molecule has 5 heteroatoms. The normalized spacial score (nSPS) is 11.0. The van der Waals surface area contributed by atoms with Crippen LogP contribution in [0.1, 0.15) is 16.7 Å². The number of aromatic nitrogens is 2. The van der Waals surface area contributed by atoms with Crippen LogP contribution in [0.2, 0.25) is 0 Å². The molecule has 134 valence electrons. The number of thioether (sulfide) groups is 2. The van der Waals surface area contributed by atoms with Crippen molar-refractivity contribution >= 4 is 51.7 Å². The van der Waals surface area contributed by atoms with Crippen molar-refractivity contribution in [1.29, 1.82) is 0 Å². The Balaban J connectivity index is 1.37. The van der Waals surface area contributed by atoms with E-state index in [4.69, 9.17) is 0 Å². The van der Waals surface area contributed by atoms with E-state index in [-0.39, 0.29) is 0 Å². The minimum absolute atomic E-state index is 0.903. The second-order valence-electron chi connectivity index (χ2n) is 6.00. The van der Waals surface area contributed by atoms with Crippen LogP contribution in [0.5, 0.6) is 0 Å². The highest BCUT2D eigenvalue weighted by atomic mass is 32.2. The predicted molar refractivity (Wildman–Crippen MR) is 120 cm³/mol. The fraction of sp³-hybridized carbons (Fsp3) is 0.0909. The maximum atomic E-state index is 4.35. The van der Waals surface area contributed by atoms with Gasteiger partial charge in [0.15, 0.2) is 8.68 Å². The van der Waals surface area contributed by atoms with Gasteiger partial charge in [-0.2, -0.15) is 0 Å². The maximum absolute atomic E-state index is 4.35. The zero-order valence-corrected chi connectivity index (χ0v) is 17.1. The van der Waals surface area contributed by atoms with Gasteiger partial charge in [0.1, 0.15) is 0 Å². The van der Waals surface area contributed by atoms with E-state index in [1.54, 1.807) is 34.9 Å². The van der Waals surface area contributed by atoms with Gasteiger partial charge in [-0.15, -0.1) is 10.2 Å². The topological polar surface area (TPSA) is 25.8 Å². The van der Waals surface area contributed by atoms with Gasteiger partial charge < -0.3 is 0 Å². The number of hydrogen-bond donors (Lipinski definition) is 0. The van der Waals surface area contributed by atoms with E-state index >= 15 is 0 Å². The van der Waals surface area contributed by atoms with Crippen LogP contribution in [0.3, 0.4) is 0 Å². The summed E-state index contributed by atoms with van der Waals surface area (Å²) in [5.74, 6) is 1.81. The molecular formula is C22H18N2S3. The highest BCUT2D eigenvalue weighted by Crippen LogP contribution is 2.33. The molecule has 0 unspecified atom stereocenters. The van der Waals surface area contributed by atoms with Gasteiger partial charge in [-0.05, 0) is 27.5 Å². The molecule has 0 aliphatic carbocycles. The highest BCUT2D eigenvalue weighted by Gasteiger charge is 2.08. The van der Waals surface area contributed by atoms with Crippen LogP contribution in [0.25, 0.3) is 16.8 Å². The molecule has 3 aromatic carbocycles. The van der Waals surface area contributed by atoms with Crippen LogP contribution >= 0.6 is 34.9 Å². The Hall–Kier alpha value is -2.08. The third-order valence-electron chi connectivity index (χ3n) is 4.20. The summed E-state index contributed by atoms with van der Waals surface area (Å²) in [5, 5.41) is 11.3. The van der Waals surface area contributed by atoms with Crippen molar-refractivity contribution in [3.8, 4) is 0 Å². The summed E-state index contributed by atoms with van der Waals surface area (Å²) in [6, 6.07) is 23.5. The third-order valence-corrected chi connectivity index (χ3v) is 7.51. The van der Waals surface area contributed by atoms with Crippen LogP contribution in [-0.2, 0) is 11.5 Å². The Labute approximate surface area is 171 Å². The van der Waals surface area contributed by atoms with Crippen LogP contribution in [0, 0.1) is 0 Å². The molecule has 0 atom stereocenters. The zero-order chi connectivity index (χ0) is 18.5. The number of hydrogen-bond acceptors (Lipinski definition) is 5.